The first-order valence-electron chi connectivity index (χ1n) is 9.65. The van der Waals surface area contributed by atoms with E-state index in [4.69, 9.17) is 0 Å². The van der Waals surface area contributed by atoms with Gasteiger partial charge in [0.1, 0.15) is 6.33 Å². The molecule has 0 N–H and O–H groups in total. The van der Waals surface area contributed by atoms with Gasteiger partial charge in [0.05, 0.1) is 11.2 Å². The molecule has 1 spiro atoms. The van der Waals surface area contributed by atoms with E-state index in [-0.39, 0.29) is 11.3 Å². The van der Waals surface area contributed by atoms with Crippen molar-refractivity contribution >= 4 is 23.6 Å². The van der Waals surface area contributed by atoms with Crippen molar-refractivity contribution in [2.24, 2.45) is 12.5 Å². The Labute approximate surface area is 158 Å². The zero-order valence-electron chi connectivity index (χ0n) is 15.4. The number of hydrogen-bond acceptors (Lipinski definition) is 5. The lowest BCUT2D eigenvalue weighted by Crippen LogP contribution is -2.53. The Bertz CT molecular complexity index is 687. The van der Waals surface area contributed by atoms with Gasteiger partial charge in [-0.25, -0.2) is 0 Å². The molecule has 2 saturated heterocycles. The second-order valence-electron chi connectivity index (χ2n) is 7.90. The zero-order chi connectivity index (χ0) is 18.1. The van der Waals surface area contributed by atoms with Gasteiger partial charge >= 0.3 is 0 Å². The average molecular weight is 378 g/mol. The maximum atomic E-state index is 13.3. The molecule has 4 rings (SSSR count). The van der Waals surface area contributed by atoms with Crippen LogP contribution >= 0.6 is 11.8 Å². The van der Waals surface area contributed by atoms with Gasteiger partial charge in [0.2, 0.25) is 11.8 Å². The van der Waals surface area contributed by atoms with Gasteiger partial charge < -0.3 is 14.4 Å². The highest BCUT2D eigenvalue weighted by atomic mass is 32.2. The first-order chi connectivity index (χ1) is 12.6. The minimum absolute atomic E-state index is 0.0978. The smallest absolute Gasteiger partial charge is 0.233 e. The molecular formula is C18H27N5O2S. The minimum Gasteiger partial charge on any atom is -0.341 e. The second kappa shape index (κ2) is 7.21. The second-order valence-corrected chi connectivity index (χ2v) is 8.84. The van der Waals surface area contributed by atoms with Gasteiger partial charge in [-0.1, -0.05) is 24.6 Å². The quantitative estimate of drug-likeness (QED) is 0.747. The molecule has 0 unspecified atom stereocenters. The molecule has 0 bridgehead atoms. The fourth-order valence-electron chi connectivity index (χ4n) is 4.75. The molecule has 3 fully saturated rings. The first-order valence-corrected chi connectivity index (χ1v) is 10.6. The predicted molar refractivity (Wildman–Crippen MR) is 98.6 cm³/mol. The Morgan fingerprint density at radius 3 is 2.81 bits per heavy atom. The molecule has 1 aromatic heterocycles. The van der Waals surface area contributed by atoms with Crippen LogP contribution in [0.5, 0.6) is 0 Å². The van der Waals surface area contributed by atoms with E-state index in [1.165, 1.54) is 24.6 Å². The molecule has 142 valence electrons. The third kappa shape index (κ3) is 3.23. The van der Waals surface area contributed by atoms with Crippen molar-refractivity contribution in [3.63, 3.8) is 0 Å². The van der Waals surface area contributed by atoms with Gasteiger partial charge in [-0.3, -0.25) is 9.59 Å². The van der Waals surface area contributed by atoms with E-state index in [9.17, 15) is 9.59 Å². The summed E-state index contributed by atoms with van der Waals surface area (Å²) in [6.45, 7) is 2.19. The van der Waals surface area contributed by atoms with Crippen LogP contribution in [-0.2, 0) is 16.6 Å². The average Bonchev–Trinajstić information content (AvgIpc) is 3.37. The van der Waals surface area contributed by atoms with Gasteiger partial charge in [-0.15, -0.1) is 10.2 Å². The van der Waals surface area contributed by atoms with E-state index >= 15 is 0 Å². The first kappa shape index (κ1) is 17.8. The van der Waals surface area contributed by atoms with E-state index < -0.39 is 0 Å². The summed E-state index contributed by atoms with van der Waals surface area (Å²) in [5.74, 6) is 0.760. The summed E-state index contributed by atoms with van der Waals surface area (Å²) in [4.78, 5) is 29.9. The number of likely N-dealkylation sites (tertiary alicyclic amines) is 2. The number of aryl methyl sites for hydroxylation is 1. The highest BCUT2D eigenvalue weighted by Gasteiger charge is 2.50. The summed E-state index contributed by atoms with van der Waals surface area (Å²) in [6.07, 6.45) is 9.23. The maximum Gasteiger partial charge on any atom is 0.233 e. The highest BCUT2D eigenvalue weighted by Crippen LogP contribution is 2.42. The fraction of sp³-hybridized carbons (Fsp3) is 0.778. The fourth-order valence-corrected chi connectivity index (χ4v) is 5.54. The van der Waals surface area contributed by atoms with E-state index in [0.29, 0.717) is 30.8 Å². The van der Waals surface area contributed by atoms with Crippen LogP contribution in [0.25, 0.3) is 0 Å². The normalized spacial score (nSPS) is 27.0. The molecule has 1 atom stereocenters. The molecule has 2 aliphatic heterocycles. The van der Waals surface area contributed by atoms with Gasteiger partial charge in [0.25, 0.3) is 0 Å². The molecule has 0 radical (unpaired) electrons. The van der Waals surface area contributed by atoms with Crippen molar-refractivity contribution in [2.75, 3.05) is 25.4 Å². The number of hydrogen-bond donors (Lipinski definition) is 0. The standard InChI is InChI=1S/C18H27N5O2S/c1-21-13-19-20-17(21)26-11-15(24)22-10-8-18(12-22)7-4-9-23(16(18)25)14-5-2-3-6-14/h13-14H,2-12H2,1H3/t18-/m0/s1. The van der Waals surface area contributed by atoms with Crippen molar-refractivity contribution in [3.05, 3.63) is 6.33 Å². The van der Waals surface area contributed by atoms with Gasteiger partial charge in [0, 0.05) is 32.7 Å². The molecule has 1 saturated carbocycles. The molecule has 26 heavy (non-hydrogen) atoms. The van der Waals surface area contributed by atoms with Crippen LogP contribution in [0.2, 0.25) is 0 Å². The van der Waals surface area contributed by atoms with Crippen molar-refractivity contribution in [1.82, 2.24) is 24.6 Å². The maximum absolute atomic E-state index is 13.3. The summed E-state index contributed by atoms with van der Waals surface area (Å²) in [5, 5.41) is 8.59. The van der Waals surface area contributed by atoms with Gasteiger partial charge in [-0.2, -0.15) is 0 Å². The molecule has 3 aliphatic rings. The highest BCUT2D eigenvalue weighted by molar-refractivity contribution is 7.99. The molecule has 3 heterocycles. The molecule has 2 amide bonds. The largest absolute Gasteiger partial charge is 0.341 e. The minimum atomic E-state index is -0.327. The molecule has 1 aromatic rings. The van der Waals surface area contributed by atoms with Crippen LogP contribution in [0.15, 0.2) is 11.5 Å². The van der Waals surface area contributed by atoms with Crippen LogP contribution in [0, 0.1) is 5.41 Å². The third-order valence-corrected chi connectivity index (χ3v) is 7.25. The molecule has 7 nitrogen and oxygen atoms in total. The summed E-state index contributed by atoms with van der Waals surface area (Å²) in [6, 6.07) is 0.441. The monoisotopic (exact) mass is 377 g/mol. The van der Waals surface area contributed by atoms with Crippen molar-refractivity contribution in [1.29, 1.82) is 0 Å². The van der Waals surface area contributed by atoms with Crippen LogP contribution in [0.1, 0.15) is 44.9 Å². The summed E-state index contributed by atoms with van der Waals surface area (Å²) < 4.78 is 1.81. The van der Waals surface area contributed by atoms with Crippen molar-refractivity contribution in [3.8, 4) is 0 Å². The number of carbonyl (C=O) groups excluding carboxylic acids is 2. The SMILES string of the molecule is Cn1cnnc1SCC(=O)N1CC[C@@]2(CCCN(C3CCCC3)C2=O)C1. The Morgan fingerprint density at radius 1 is 1.27 bits per heavy atom. The lowest BCUT2D eigenvalue weighted by molar-refractivity contribution is -0.148. The zero-order valence-corrected chi connectivity index (χ0v) is 16.2. The number of carbonyl (C=O) groups is 2. The topological polar surface area (TPSA) is 71.3 Å². The van der Waals surface area contributed by atoms with Crippen LogP contribution in [0.3, 0.4) is 0 Å². The van der Waals surface area contributed by atoms with E-state index in [0.717, 1.165) is 43.8 Å². The Hall–Kier alpha value is -1.57. The third-order valence-electron chi connectivity index (χ3n) is 6.24. The number of thioether (sulfide) groups is 1. The number of piperidine rings is 1. The number of amides is 2. The summed E-state index contributed by atoms with van der Waals surface area (Å²) >= 11 is 1.41. The predicted octanol–water partition coefficient (Wildman–Crippen LogP) is 1.69. The van der Waals surface area contributed by atoms with E-state index in [2.05, 4.69) is 15.1 Å². The summed E-state index contributed by atoms with van der Waals surface area (Å²) in [7, 11) is 1.87. The number of aromatic nitrogens is 3. The Kier molecular flexibility index (Phi) is 4.94. The van der Waals surface area contributed by atoms with Crippen LogP contribution in [-0.4, -0.2) is 67.8 Å². The van der Waals surface area contributed by atoms with Crippen LogP contribution in [0.4, 0.5) is 0 Å². The van der Waals surface area contributed by atoms with Gasteiger partial charge in [-0.05, 0) is 32.1 Å². The molecule has 1 aliphatic carbocycles. The summed E-state index contributed by atoms with van der Waals surface area (Å²) in [5.41, 5.74) is -0.327. The van der Waals surface area contributed by atoms with E-state index in [1.807, 2.05) is 16.5 Å². The lowest BCUT2D eigenvalue weighted by atomic mass is 9.77. The van der Waals surface area contributed by atoms with Gasteiger partial charge in [0.15, 0.2) is 5.16 Å². The lowest BCUT2D eigenvalue weighted by Gasteiger charge is -2.42. The number of nitrogens with zero attached hydrogens (tertiary/aromatic N) is 5. The number of rotatable bonds is 4. The van der Waals surface area contributed by atoms with Crippen molar-refractivity contribution in [2.45, 2.75) is 56.1 Å². The van der Waals surface area contributed by atoms with E-state index in [1.54, 1.807) is 6.33 Å². The molecule has 0 aromatic carbocycles. The van der Waals surface area contributed by atoms with Crippen LogP contribution < -0.4 is 0 Å². The van der Waals surface area contributed by atoms with Crippen molar-refractivity contribution < 1.29 is 9.59 Å². The Morgan fingerprint density at radius 2 is 2.08 bits per heavy atom. The Balaban J connectivity index is 1.37. The molecule has 8 heteroatoms. The molecular weight excluding hydrogens is 350 g/mol.